The van der Waals surface area contributed by atoms with Crippen LogP contribution < -0.4 is 5.32 Å². The van der Waals surface area contributed by atoms with Crippen LogP contribution in [0.5, 0.6) is 0 Å². The van der Waals surface area contributed by atoms with Gasteiger partial charge in [-0.1, -0.05) is 20.8 Å². The molecule has 6 heteroatoms. The Hall–Kier alpha value is -1.87. The van der Waals surface area contributed by atoms with Crippen LogP contribution >= 0.6 is 11.3 Å². The fourth-order valence-corrected chi connectivity index (χ4v) is 3.74. The van der Waals surface area contributed by atoms with Gasteiger partial charge in [0, 0.05) is 4.88 Å². The molecule has 1 aromatic rings. The number of esters is 1. The lowest BCUT2D eigenvalue weighted by Gasteiger charge is -2.27. The van der Waals surface area contributed by atoms with Crippen molar-refractivity contribution in [1.29, 1.82) is 5.26 Å². The Morgan fingerprint density at radius 1 is 1.54 bits per heavy atom. The summed E-state index contributed by atoms with van der Waals surface area (Å²) in [4.78, 5) is 25.9. The van der Waals surface area contributed by atoms with Gasteiger partial charge in [0.05, 0.1) is 6.07 Å². The number of nitriles is 1. The predicted molar refractivity (Wildman–Crippen MR) is 92.8 cm³/mol. The van der Waals surface area contributed by atoms with Crippen molar-refractivity contribution in [2.24, 2.45) is 11.8 Å². The summed E-state index contributed by atoms with van der Waals surface area (Å²) in [6, 6.07) is 3.99. The summed E-state index contributed by atoms with van der Waals surface area (Å²) >= 11 is 1.46. The van der Waals surface area contributed by atoms with Crippen LogP contribution in [-0.4, -0.2) is 24.0 Å². The summed E-state index contributed by atoms with van der Waals surface area (Å²) in [5.41, 5.74) is 0.258. The number of carbonyl (C=O) groups is 2. The van der Waals surface area contributed by atoms with Gasteiger partial charge in [-0.3, -0.25) is 4.79 Å². The molecule has 0 saturated carbocycles. The molecule has 1 aromatic heterocycles. The van der Waals surface area contributed by atoms with E-state index in [-0.39, 0.29) is 12.5 Å². The first-order chi connectivity index (χ1) is 11.2. The topological polar surface area (TPSA) is 79.2 Å². The molecule has 0 radical (unpaired) electrons. The first-order valence-corrected chi connectivity index (χ1v) is 9.07. The van der Waals surface area contributed by atoms with E-state index < -0.39 is 17.4 Å². The number of hydrogen-bond acceptors (Lipinski definition) is 5. The van der Waals surface area contributed by atoms with E-state index in [1.807, 2.05) is 19.9 Å². The zero-order valence-corrected chi connectivity index (χ0v) is 15.5. The maximum atomic E-state index is 12.2. The Morgan fingerprint density at radius 2 is 2.25 bits per heavy atom. The van der Waals surface area contributed by atoms with Gasteiger partial charge in [0.2, 0.25) is 0 Å². The lowest BCUT2D eigenvalue weighted by molar-refractivity contribution is -0.125. The highest BCUT2D eigenvalue weighted by atomic mass is 32.1. The molecule has 5 nitrogen and oxygen atoms in total. The van der Waals surface area contributed by atoms with Crippen LogP contribution in [0.15, 0.2) is 6.07 Å². The van der Waals surface area contributed by atoms with E-state index in [2.05, 4.69) is 18.3 Å². The van der Waals surface area contributed by atoms with Gasteiger partial charge in [0.1, 0.15) is 10.4 Å². The average molecular weight is 348 g/mol. The van der Waals surface area contributed by atoms with E-state index in [0.29, 0.717) is 10.8 Å². The highest BCUT2D eigenvalue weighted by Gasteiger charge is 2.30. The van der Waals surface area contributed by atoms with Gasteiger partial charge < -0.3 is 10.1 Å². The molecule has 24 heavy (non-hydrogen) atoms. The van der Waals surface area contributed by atoms with Crippen LogP contribution in [0.25, 0.3) is 0 Å². The molecular weight excluding hydrogens is 324 g/mol. The standard InChI is InChI=1S/C18H24N2O3S/c1-11(2)18(4,10-19)20-16(21)9-23-17(22)15-8-13-7-12(3)5-6-14(13)24-15/h8,11-12H,5-7,9H2,1-4H3,(H,20,21)/t12-,18-/m0/s1. The predicted octanol–water partition coefficient (Wildman–Crippen LogP) is 3.08. The molecule has 2 rings (SSSR count). The average Bonchev–Trinajstić information content (AvgIpc) is 2.95. The van der Waals surface area contributed by atoms with E-state index in [9.17, 15) is 14.9 Å². The summed E-state index contributed by atoms with van der Waals surface area (Å²) in [5, 5.41) is 11.8. The molecule has 1 amide bonds. The molecule has 1 aliphatic rings. The van der Waals surface area contributed by atoms with Gasteiger partial charge in [-0.05, 0) is 49.7 Å². The van der Waals surface area contributed by atoms with Crippen LogP contribution in [-0.2, 0) is 22.4 Å². The highest BCUT2D eigenvalue weighted by Crippen LogP contribution is 2.32. The number of thiophene rings is 1. The molecule has 0 bridgehead atoms. The molecule has 0 fully saturated rings. The quantitative estimate of drug-likeness (QED) is 0.829. The molecule has 0 saturated heterocycles. The number of carbonyl (C=O) groups excluding carboxylic acids is 2. The largest absolute Gasteiger partial charge is 0.451 e. The number of hydrogen-bond donors (Lipinski definition) is 1. The molecule has 0 aliphatic heterocycles. The first-order valence-electron chi connectivity index (χ1n) is 8.26. The lowest BCUT2D eigenvalue weighted by atomic mass is 9.90. The third kappa shape index (κ3) is 4.15. The minimum absolute atomic E-state index is 0.0480. The molecule has 130 valence electrons. The van der Waals surface area contributed by atoms with Crippen LogP contribution in [0, 0.1) is 23.2 Å². The monoisotopic (exact) mass is 348 g/mol. The minimum atomic E-state index is -0.971. The smallest absolute Gasteiger partial charge is 0.348 e. The molecule has 1 heterocycles. The second kappa shape index (κ2) is 7.35. The van der Waals surface area contributed by atoms with Gasteiger partial charge in [0.15, 0.2) is 6.61 Å². The molecule has 0 aromatic carbocycles. The molecule has 1 N–H and O–H groups in total. The number of nitrogens with zero attached hydrogens (tertiary/aromatic N) is 1. The summed E-state index contributed by atoms with van der Waals surface area (Å²) in [5.74, 6) is -0.342. The van der Waals surface area contributed by atoms with Gasteiger partial charge in [0.25, 0.3) is 5.91 Å². The maximum absolute atomic E-state index is 12.2. The van der Waals surface area contributed by atoms with Gasteiger partial charge in [-0.25, -0.2) is 4.79 Å². The van der Waals surface area contributed by atoms with Crippen LogP contribution in [0.1, 0.15) is 54.2 Å². The summed E-state index contributed by atoms with van der Waals surface area (Å²) in [7, 11) is 0. The third-order valence-corrected chi connectivity index (χ3v) is 5.87. The van der Waals surface area contributed by atoms with Gasteiger partial charge >= 0.3 is 5.97 Å². The minimum Gasteiger partial charge on any atom is -0.451 e. The Morgan fingerprint density at radius 3 is 2.88 bits per heavy atom. The van der Waals surface area contributed by atoms with Crippen molar-refractivity contribution < 1.29 is 14.3 Å². The Bertz CT molecular complexity index is 674. The van der Waals surface area contributed by atoms with Crippen molar-refractivity contribution in [1.82, 2.24) is 5.32 Å². The lowest BCUT2D eigenvalue weighted by Crippen LogP contribution is -2.50. The molecule has 1 aliphatic carbocycles. The van der Waals surface area contributed by atoms with Crippen LogP contribution in [0.3, 0.4) is 0 Å². The van der Waals surface area contributed by atoms with Crippen molar-refractivity contribution in [3.63, 3.8) is 0 Å². The Labute approximate surface area is 147 Å². The zero-order valence-electron chi connectivity index (χ0n) is 14.6. The fraction of sp³-hybridized carbons (Fsp3) is 0.611. The normalized spacial score (nSPS) is 19.1. The van der Waals surface area contributed by atoms with Crippen molar-refractivity contribution >= 4 is 23.2 Å². The fourth-order valence-electron chi connectivity index (χ4n) is 2.64. The highest BCUT2D eigenvalue weighted by molar-refractivity contribution is 7.14. The SMILES string of the molecule is CC(C)[C@](C)(C#N)NC(=O)COC(=O)c1cc2c(s1)CC[C@H](C)C2. The van der Waals surface area contributed by atoms with Crippen molar-refractivity contribution in [2.45, 2.75) is 52.5 Å². The Kier molecular flexibility index (Phi) is 5.66. The van der Waals surface area contributed by atoms with Gasteiger partial charge in [-0.15, -0.1) is 11.3 Å². The van der Waals surface area contributed by atoms with E-state index in [1.165, 1.54) is 21.8 Å². The number of ether oxygens (including phenoxy) is 1. The number of rotatable bonds is 5. The van der Waals surface area contributed by atoms with Crippen molar-refractivity contribution in [3.8, 4) is 6.07 Å². The van der Waals surface area contributed by atoms with E-state index in [4.69, 9.17) is 4.74 Å². The molecule has 0 unspecified atom stereocenters. The summed E-state index contributed by atoms with van der Waals surface area (Å²) in [6.45, 7) is 7.21. The summed E-state index contributed by atoms with van der Waals surface area (Å²) < 4.78 is 5.11. The number of fused-ring (bicyclic) bond motifs is 1. The number of aryl methyl sites for hydroxylation is 1. The maximum Gasteiger partial charge on any atom is 0.348 e. The molecule has 2 atom stereocenters. The zero-order chi connectivity index (χ0) is 17.9. The second-order valence-electron chi connectivity index (χ2n) is 7.00. The van der Waals surface area contributed by atoms with E-state index in [1.54, 1.807) is 6.92 Å². The second-order valence-corrected chi connectivity index (χ2v) is 8.14. The molecule has 0 spiro atoms. The van der Waals surface area contributed by atoms with Gasteiger partial charge in [-0.2, -0.15) is 5.26 Å². The van der Waals surface area contributed by atoms with Crippen molar-refractivity contribution in [2.75, 3.05) is 6.61 Å². The summed E-state index contributed by atoms with van der Waals surface area (Å²) in [6.07, 6.45) is 3.14. The first kappa shape index (κ1) is 18.5. The van der Waals surface area contributed by atoms with Crippen LogP contribution in [0.2, 0.25) is 0 Å². The van der Waals surface area contributed by atoms with E-state index >= 15 is 0 Å². The number of nitrogens with one attached hydrogen (secondary N) is 1. The van der Waals surface area contributed by atoms with Crippen LogP contribution in [0.4, 0.5) is 0 Å². The van der Waals surface area contributed by atoms with Crippen molar-refractivity contribution in [3.05, 3.63) is 21.4 Å². The molecular formula is C18H24N2O3S. The van der Waals surface area contributed by atoms with E-state index in [0.717, 1.165) is 19.3 Å². The third-order valence-electron chi connectivity index (χ3n) is 4.65. The Balaban J connectivity index is 1.92. The number of amides is 1.